The van der Waals surface area contributed by atoms with Crippen molar-refractivity contribution in [2.45, 2.75) is 13.0 Å². The lowest BCUT2D eigenvalue weighted by molar-refractivity contribution is 0.0699. The van der Waals surface area contributed by atoms with E-state index in [2.05, 4.69) is 4.98 Å². The van der Waals surface area contributed by atoms with Gasteiger partial charge in [-0.15, -0.1) is 0 Å². The minimum atomic E-state index is -1.02. The van der Waals surface area contributed by atoms with Gasteiger partial charge in [0.25, 0.3) is 0 Å². The highest BCUT2D eigenvalue weighted by atomic mass is 32.2. The highest BCUT2D eigenvalue weighted by molar-refractivity contribution is 7.99. The summed E-state index contributed by atoms with van der Waals surface area (Å²) >= 11 is 1.90. The third-order valence-corrected chi connectivity index (χ3v) is 4.74. The van der Waals surface area contributed by atoms with E-state index < -0.39 is 5.97 Å². The second-order valence-electron chi connectivity index (χ2n) is 4.78. The van der Waals surface area contributed by atoms with Crippen molar-refractivity contribution >= 4 is 28.8 Å². The van der Waals surface area contributed by atoms with Crippen LogP contribution in [-0.4, -0.2) is 32.1 Å². The van der Waals surface area contributed by atoms with E-state index in [-0.39, 0.29) is 11.3 Å². The fourth-order valence-corrected chi connectivity index (χ4v) is 3.80. The zero-order chi connectivity index (χ0) is 13.4. The molecule has 0 amide bonds. The smallest absolute Gasteiger partial charge is 0.337 e. The molecule has 1 aliphatic rings. The summed E-state index contributed by atoms with van der Waals surface area (Å²) in [4.78, 5) is 25.8. The van der Waals surface area contributed by atoms with Crippen LogP contribution < -0.4 is 5.69 Å². The van der Waals surface area contributed by atoms with Crippen LogP contribution in [0.4, 0.5) is 0 Å². The first-order valence-corrected chi connectivity index (χ1v) is 7.35. The number of aromatic carboxylic acids is 1. The van der Waals surface area contributed by atoms with Gasteiger partial charge in [0.1, 0.15) is 0 Å². The molecule has 5 nitrogen and oxygen atoms in total. The molecule has 0 radical (unpaired) electrons. The van der Waals surface area contributed by atoms with Gasteiger partial charge in [-0.05, 0) is 36.0 Å². The van der Waals surface area contributed by atoms with Crippen molar-refractivity contribution in [3.8, 4) is 0 Å². The standard InChI is InChI=1S/C13H14N2O3S/c16-12(17)9-2-1-3-10-11(9)14-13(18)15(10)6-8-4-5-19-7-8/h1-3,8H,4-7H2,(H,14,18)(H,16,17). The molecule has 1 aliphatic heterocycles. The van der Waals surface area contributed by atoms with E-state index >= 15 is 0 Å². The van der Waals surface area contributed by atoms with Crippen LogP contribution in [-0.2, 0) is 6.54 Å². The summed E-state index contributed by atoms with van der Waals surface area (Å²) in [6.07, 6.45) is 1.11. The van der Waals surface area contributed by atoms with Crippen LogP contribution in [0, 0.1) is 5.92 Å². The van der Waals surface area contributed by atoms with Crippen LogP contribution in [0.3, 0.4) is 0 Å². The zero-order valence-corrected chi connectivity index (χ0v) is 11.1. The van der Waals surface area contributed by atoms with Gasteiger partial charge in [-0.25, -0.2) is 9.59 Å². The Labute approximate surface area is 113 Å². The Kier molecular flexibility index (Phi) is 3.10. The van der Waals surface area contributed by atoms with Gasteiger partial charge in [-0.3, -0.25) is 4.57 Å². The van der Waals surface area contributed by atoms with E-state index in [0.29, 0.717) is 23.5 Å². The third-order valence-electron chi connectivity index (χ3n) is 3.51. The van der Waals surface area contributed by atoms with E-state index in [1.54, 1.807) is 16.7 Å². The average Bonchev–Trinajstić information content (AvgIpc) is 2.98. The molecule has 3 rings (SSSR count). The summed E-state index contributed by atoms with van der Waals surface area (Å²) in [6, 6.07) is 4.98. The van der Waals surface area contributed by atoms with Crippen LogP contribution in [0.25, 0.3) is 11.0 Å². The number of imidazole rings is 1. The van der Waals surface area contributed by atoms with Gasteiger partial charge in [0.15, 0.2) is 0 Å². The molecule has 1 atom stereocenters. The quantitative estimate of drug-likeness (QED) is 0.897. The number of aromatic amines is 1. The molecule has 2 heterocycles. The molecule has 1 saturated heterocycles. The van der Waals surface area contributed by atoms with Crippen LogP contribution in [0.5, 0.6) is 0 Å². The second-order valence-corrected chi connectivity index (χ2v) is 5.93. The minimum absolute atomic E-state index is 0.147. The van der Waals surface area contributed by atoms with Gasteiger partial charge in [-0.2, -0.15) is 11.8 Å². The highest BCUT2D eigenvalue weighted by Crippen LogP contribution is 2.25. The molecule has 0 saturated carbocycles. The first-order valence-electron chi connectivity index (χ1n) is 6.19. The molecular weight excluding hydrogens is 264 g/mol. The lowest BCUT2D eigenvalue weighted by Crippen LogP contribution is -2.21. The monoisotopic (exact) mass is 278 g/mol. The first-order chi connectivity index (χ1) is 9.16. The lowest BCUT2D eigenvalue weighted by atomic mass is 10.1. The van der Waals surface area contributed by atoms with Crippen molar-refractivity contribution in [1.82, 2.24) is 9.55 Å². The SMILES string of the molecule is O=C(O)c1cccc2c1[nH]c(=O)n2CC1CCSC1. The normalized spacial score (nSPS) is 19.1. The number of hydrogen-bond acceptors (Lipinski definition) is 3. The van der Waals surface area contributed by atoms with Gasteiger partial charge >= 0.3 is 11.7 Å². The molecule has 0 spiro atoms. The Balaban J connectivity index is 2.09. The second kappa shape index (κ2) is 4.77. The van der Waals surface area contributed by atoms with Gasteiger partial charge in [0.05, 0.1) is 16.6 Å². The molecule has 1 aromatic carbocycles. The van der Waals surface area contributed by atoms with Crippen molar-refractivity contribution in [2.24, 2.45) is 5.92 Å². The van der Waals surface area contributed by atoms with Crippen LogP contribution in [0.15, 0.2) is 23.0 Å². The topological polar surface area (TPSA) is 75.1 Å². The molecule has 1 fully saturated rings. The number of fused-ring (bicyclic) bond motifs is 1. The van der Waals surface area contributed by atoms with E-state index in [1.807, 2.05) is 11.8 Å². The number of rotatable bonds is 3. The molecule has 0 aliphatic carbocycles. The van der Waals surface area contributed by atoms with Crippen molar-refractivity contribution < 1.29 is 9.90 Å². The predicted octanol–water partition coefficient (Wildman–Crippen LogP) is 1.78. The molecule has 2 N–H and O–H groups in total. The number of hydrogen-bond donors (Lipinski definition) is 2. The van der Waals surface area contributed by atoms with Crippen molar-refractivity contribution in [3.63, 3.8) is 0 Å². The Hall–Kier alpha value is -1.69. The minimum Gasteiger partial charge on any atom is -0.478 e. The van der Waals surface area contributed by atoms with Crippen LogP contribution >= 0.6 is 11.8 Å². The predicted molar refractivity (Wildman–Crippen MR) is 75.0 cm³/mol. The lowest BCUT2D eigenvalue weighted by Gasteiger charge is -2.09. The maximum absolute atomic E-state index is 12.0. The third kappa shape index (κ3) is 2.16. The van der Waals surface area contributed by atoms with Crippen molar-refractivity contribution in [1.29, 1.82) is 0 Å². The number of nitrogens with zero attached hydrogens (tertiary/aromatic N) is 1. The number of thioether (sulfide) groups is 1. The van der Waals surface area contributed by atoms with Gasteiger partial charge in [0.2, 0.25) is 0 Å². The summed E-state index contributed by atoms with van der Waals surface area (Å²) in [7, 11) is 0. The average molecular weight is 278 g/mol. The van der Waals surface area contributed by atoms with Crippen molar-refractivity contribution in [3.05, 3.63) is 34.2 Å². The van der Waals surface area contributed by atoms with E-state index in [1.165, 1.54) is 6.07 Å². The van der Waals surface area contributed by atoms with Crippen LogP contribution in [0.1, 0.15) is 16.8 Å². The number of carboxylic acid groups (broad SMARTS) is 1. The van der Waals surface area contributed by atoms with Gasteiger partial charge in [0, 0.05) is 6.54 Å². The Morgan fingerprint density at radius 3 is 3.05 bits per heavy atom. The fraction of sp³-hybridized carbons (Fsp3) is 0.385. The summed E-state index contributed by atoms with van der Waals surface area (Å²) in [6.45, 7) is 0.662. The largest absolute Gasteiger partial charge is 0.478 e. The first kappa shape index (κ1) is 12.3. The molecule has 1 unspecified atom stereocenters. The Bertz CT molecular complexity index is 683. The molecule has 2 aromatic rings. The zero-order valence-electron chi connectivity index (χ0n) is 10.3. The number of benzene rings is 1. The summed E-state index contributed by atoms with van der Waals surface area (Å²) in [5.41, 5.74) is 1.03. The number of carboxylic acids is 1. The number of para-hydroxylation sites is 1. The van der Waals surface area contributed by atoms with Crippen molar-refractivity contribution in [2.75, 3.05) is 11.5 Å². The molecule has 1 aromatic heterocycles. The Morgan fingerprint density at radius 1 is 1.53 bits per heavy atom. The summed E-state index contributed by atoms with van der Waals surface area (Å²) in [5.74, 6) is 1.69. The number of nitrogens with one attached hydrogen (secondary N) is 1. The van der Waals surface area contributed by atoms with Gasteiger partial charge in [-0.1, -0.05) is 6.07 Å². The van der Waals surface area contributed by atoms with Gasteiger partial charge < -0.3 is 10.1 Å². The molecular formula is C13H14N2O3S. The maximum atomic E-state index is 12.0. The van der Waals surface area contributed by atoms with Crippen LogP contribution in [0.2, 0.25) is 0 Å². The molecule has 6 heteroatoms. The molecule has 0 bridgehead atoms. The highest BCUT2D eigenvalue weighted by Gasteiger charge is 2.20. The number of H-pyrrole nitrogens is 1. The maximum Gasteiger partial charge on any atom is 0.337 e. The molecule has 100 valence electrons. The summed E-state index contributed by atoms with van der Waals surface area (Å²) < 4.78 is 1.66. The van der Waals surface area contributed by atoms with E-state index in [9.17, 15) is 9.59 Å². The van der Waals surface area contributed by atoms with E-state index in [0.717, 1.165) is 17.9 Å². The van der Waals surface area contributed by atoms with E-state index in [4.69, 9.17) is 5.11 Å². The summed E-state index contributed by atoms with van der Waals surface area (Å²) in [5, 5.41) is 9.13. The molecule has 19 heavy (non-hydrogen) atoms. The fourth-order valence-electron chi connectivity index (χ4n) is 2.53. The number of aromatic nitrogens is 2. The number of carbonyl (C=O) groups is 1. The Morgan fingerprint density at radius 2 is 2.37 bits per heavy atom.